The minimum atomic E-state index is 0.0458. The van der Waals surface area contributed by atoms with Gasteiger partial charge >= 0.3 is 0 Å². The summed E-state index contributed by atoms with van der Waals surface area (Å²) < 4.78 is 0. The van der Waals surface area contributed by atoms with Crippen LogP contribution in [0.25, 0.3) is 10.9 Å². The van der Waals surface area contributed by atoms with Gasteiger partial charge in [0.1, 0.15) is 0 Å². The first-order chi connectivity index (χ1) is 9.72. The lowest BCUT2D eigenvalue weighted by Gasteiger charge is -2.03. The zero-order valence-corrected chi connectivity index (χ0v) is 11.5. The van der Waals surface area contributed by atoms with E-state index in [1.807, 2.05) is 36.4 Å². The monoisotopic (exact) mass is 281 g/mol. The topological polar surface area (TPSA) is 30.0 Å². The Hall–Kier alpha value is -2.19. The summed E-state index contributed by atoms with van der Waals surface area (Å²) in [5, 5.41) is 1.71. The van der Waals surface area contributed by atoms with Gasteiger partial charge in [-0.25, -0.2) is 0 Å². The van der Waals surface area contributed by atoms with Crippen molar-refractivity contribution in [1.29, 1.82) is 0 Å². The summed E-state index contributed by atoms with van der Waals surface area (Å²) >= 11 is 5.82. The molecule has 3 aromatic rings. The second-order valence-corrected chi connectivity index (χ2v) is 5.04. The molecule has 0 bridgehead atoms. The van der Waals surface area contributed by atoms with Crippen LogP contribution in [0.5, 0.6) is 0 Å². The second kappa shape index (κ2) is 5.43. The van der Waals surface area contributed by atoms with Crippen LogP contribution >= 0.6 is 11.6 Å². The molecule has 1 heterocycles. The van der Waals surface area contributed by atoms with E-state index in [2.05, 4.69) is 4.98 Å². The number of benzene rings is 2. The Morgan fingerprint density at radius 2 is 1.70 bits per heavy atom. The van der Waals surface area contributed by atoms with E-state index in [1.54, 1.807) is 24.3 Å². The van der Waals surface area contributed by atoms with Gasteiger partial charge in [0.15, 0.2) is 5.78 Å². The van der Waals surface area contributed by atoms with Crippen LogP contribution in [0, 0.1) is 0 Å². The third-order valence-corrected chi connectivity index (χ3v) is 3.42. The number of Topliss-reactive ketones (excluding diaryl/α,β-unsaturated/α-hetero) is 1. The number of rotatable bonds is 3. The fraction of sp³-hybridized carbons (Fsp3) is 0.0588. The van der Waals surface area contributed by atoms with Crippen molar-refractivity contribution in [2.45, 2.75) is 6.42 Å². The van der Waals surface area contributed by atoms with Crippen LogP contribution in [0.1, 0.15) is 16.1 Å². The third kappa shape index (κ3) is 2.70. The van der Waals surface area contributed by atoms with Crippen molar-refractivity contribution in [3.63, 3.8) is 0 Å². The van der Waals surface area contributed by atoms with Crippen molar-refractivity contribution in [3.8, 4) is 0 Å². The number of hydrogen-bond donors (Lipinski definition) is 0. The maximum Gasteiger partial charge on any atom is 0.168 e. The van der Waals surface area contributed by atoms with Crippen LogP contribution in [-0.4, -0.2) is 10.8 Å². The Bertz CT molecular complexity index is 765. The average Bonchev–Trinajstić information content (AvgIpc) is 2.48. The predicted octanol–water partition coefficient (Wildman–Crippen LogP) is 4.31. The molecule has 1 aromatic heterocycles. The molecule has 0 fully saturated rings. The van der Waals surface area contributed by atoms with E-state index in [9.17, 15) is 4.79 Å². The largest absolute Gasteiger partial charge is 0.294 e. The summed E-state index contributed by atoms with van der Waals surface area (Å²) in [5.41, 5.74) is 2.35. The summed E-state index contributed by atoms with van der Waals surface area (Å²) in [6, 6.07) is 18.7. The first-order valence-corrected chi connectivity index (χ1v) is 6.73. The number of nitrogens with zero attached hydrogens (tertiary/aromatic N) is 1. The molecule has 0 radical (unpaired) electrons. The molecule has 0 amide bonds. The van der Waals surface area contributed by atoms with Crippen molar-refractivity contribution in [1.82, 2.24) is 4.98 Å². The zero-order chi connectivity index (χ0) is 13.9. The van der Waals surface area contributed by atoms with Crippen LogP contribution in [0.2, 0.25) is 5.02 Å². The highest BCUT2D eigenvalue weighted by Crippen LogP contribution is 2.15. The van der Waals surface area contributed by atoms with Crippen LogP contribution < -0.4 is 0 Å². The first-order valence-electron chi connectivity index (χ1n) is 6.36. The Morgan fingerprint density at radius 1 is 0.950 bits per heavy atom. The van der Waals surface area contributed by atoms with Gasteiger partial charge in [0.25, 0.3) is 0 Å². The number of carbonyl (C=O) groups is 1. The Balaban J connectivity index is 1.85. The molecule has 0 aliphatic rings. The normalized spacial score (nSPS) is 10.7. The van der Waals surface area contributed by atoms with Gasteiger partial charge in [0.2, 0.25) is 0 Å². The highest BCUT2D eigenvalue weighted by Gasteiger charge is 2.08. The lowest BCUT2D eigenvalue weighted by atomic mass is 10.1. The lowest BCUT2D eigenvalue weighted by molar-refractivity contribution is 0.0992. The van der Waals surface area contributed by atoms with E-state index in [0.29, 0.717) is 17.0 Å². The third-order valence-electron chi connectivity index (χ3n) is 3.16. The van der Waals surface area contributed by atoms with Gasteiger partial charge < -0.3 is 0 Å². The van der Waals surface area contributed by atoms with Crippen LogP contribution in [0.15, 0.2) is 60.7 Å². The van der Waals surface area contributed by atoms with Crippen LogP contribution in [0.3, 0.4) is 0 Å². The van der Waals surface area contributed by atoms with Crippen LogP contribution in [0.4, 0.5) is 0 Å². The van der Waals surface area contributed by atoms with Crippen LogP contribution in [-0.2, 0) is 6.42 Å². The molecule has 2 nitrogen and oxygen atoms in total. The molecule has 3 heteroatoms. The maximum atomic E-state index is 12.2. The molecule has 2 aromatic carbocycles. The van der Waals surface area contributed by atoms with Gasteiger partial charge in [0, 0.05) is 21.7 Å². The molecule has 98 valence electrons. The summed E-state index contributed by atoms with van der Waals surface area (Å²) in [6.07, 6.45) is 0.298. The maximum absolute atomic E-state index is 12.2. The summed E-state index contributed by atoms with van der Waals surface area (Å²) in [6.45, 7) is 0. The average molecular weight is 282 g/mol. The predicted molar refractivity (Wildman–Crippen MR) is 81.2 cm³/mol. The molecule has 0 N–H and O–H groups in total. The highest BCUT2D eigenvalue weighted by atomic mass is 35.5. The molecule has 20 heavy (non-hydrogen) atoms. The van der Waals surface area contributed by atoms with Gasteiger partial charge in [-0.2, -0.15) is 0 Å². The van der Waals surface area contributed by atoms with Crippen molar-refractivity contribution in [2.24, 2.45) is 0 Å². The summed E-state index contributed by atoms with van der Waals surface area (Å²) in [4.78, 5) is 16.7. The van der Waals surface area contributed by atoms with Crippen molar-refractivity contribution < 1.29 is 4.79 Å². The first kappa shape index (κ1) is 12.8. The number of carbonyl (C=O) groups excluding carboxylic acids is 1. The number of pyridine rings is 1. The molecule has 0 atom stereocenters. The molecule has 3 rings (SSSR count). The molecule has 0 unspecified atom stereocenters. The zero-order valence-electron chi connectivity index (χ0n) is 10.7. The number of halogens is 1. The molecule has 0 aliphatic carbocycles. The van der Waals surface area contributed by atoms with Gasteiger partial charge in [-0.3, -0.25) is 9.78 Å². The van der Waals surface area contributed by atoms with Crippen molar-refractivity contribution >= 4 is 28.3 Å². The summed E-state index contributed by atoms with van der Waals surface area (Å²) in [5.74, 6) is 0.0458. The fourth-order valence-electron chi connectivity index (χ4n) is 2.11. The molecule has 0 saturated heterocycles. The van der Waals surface area contributed by atoms with Gasteiger partial charge in [-0.15, -0.1) is 0 Å². The highest BCUT2D eigenvalue weighted by molar-refractivity contribution is 6.30. The number of para-hydroxylation sites is 1. The molecule has 0 saturated carbocycles. The SMILES string of the molecule is O=C(Cc1ccc2ccccc2n1)c1ccc(Cl)cc1. The molecule has 0 spiro atoms. The van der Waals surface area contributed by atoms with Gasteiger partial charge in [-0.05, 0) is 36.4 Å². The quantitative estimate of drug-likeness (QED) is 0.670. The molecule has 0 aliphatic heterocycles. The van der Waals surface area contributed by atoms with Crippen molar-refractivity contribution in [3.05, 3.63) is 76.9 Å². The van der Waals surface area contributed by atoms with Crippen molar-refractivity contribution in [2.75, 3.05) is 0 Å². The van der Waals surface area contributed by atoms with E-state index in [-0.39, 0.29) is 5.78 Å². The van der Waals surface area contributed by atoms with Gasteiger partial charge in [0.05, 0.1) is 11.9 Å². The molecular weight excluding hydrogens is 270 g/mol. The van der Waals surface area contributed by atoms with E-state index < -0.39 is 0 Å². The van der Waals surface area contributed by atoms with E-state index in [4.69, 9.17) is 11.6 Å². The van der Waals surface area contributed by atoms with Gasteiger partial charge in [-0.1, -0.05) is 35.9 Å². The van der Waals surface area contributed by atoms with E-state index >= 15 is 0 Å². The smallest absolute Gasteiger partial charge is 0.168 e. The number of ketones is 1. The minimum absolute atomic E-state index is 0.0458. The Labute approximate surface area is 122 Å². The number of fused-ring (bicyclic) bond motifs is 1. The van der Waals surface area contributed by atoms with E-state index in [1.165, 1.54) is 0 Å². The standard InChI is InChI=1S/C17H12ClNO/c18-14-8-5-13(6-9-14)17(20)11-15-10-7-12-3-1-2-4-16(12)19-15/h1-10H,11H2. The number of aromatic nitrogens is 1. The Kier molecular flexibility index (Phi) is 3.48. The molecular formula is C17H12ClNO. The second-order valence-electron chi connectivity index (χ2n) is 4.60. The minimum Gasteiger partial charge on any atom is -0.294 e. The summed E-state index contributed by atoms with van der Waals surface area (Å²) in [7, 11) is 0. The van der Waals surface area contributed by atoms with E-state index in [0.717, 1.165) is 16.6 Å². The number of hydrogen-bond acceptors (Lipinski definition) is 2. The lowest BCUT2D eigenvalue weighted by Crippen LogP contribution is -2.04. The Morgan fingerprint density at radius 3 is 2.50 bits per heavy atom. The fourth-order valence-corrected chi connectivity index (χ4v) is 2.24.